The zero-order valence-electron chi connectivity index (χ0n) is 13.3. The molecule has 0 unspecified atom stereocenters. The fourth-order valence-corrected chi connectivity index (χ4v) is 2.19. The van der Waals surface area contributed by atoms with Crippen LogP contribution in [0, 0.1) is 5.82 Å². The van der Waals surface area contributed by atoms with E-state index in [4.69, 9.17) is 16.3 Å². The number of ketones is 1. The summed E-state index contributed by atoms with van der Waals surface area (Å²) < 4.78 is 18.8. The third-order valence-corrected chi connectivity index (χ3v) is 3.47. The molecule has 0 heterocycles. The first-order chi connectivity index (χ1) is 11.8. The monoisotopic (exact) mass is 363 g/mol. The highest BCUT2D eigenvalue weighted by atomic mass is 35.5. The Morgan fingerprint density at radius 1 is 1.12 bits per heavy atom. The number of esters is 1. The van der Waals surface area contributed by atoms with E-state index in [1.807, 2.05) is 0 Å². The Balaban J connectivity index is 1.92. The lowest BCUT2D eigenvalue weighted by Gasteiger charge is -2.07. The molecule has 0 saturated heterocycles. The van der Waals surface area contributed by atoms with Gasteiger partial charge in [-0.15, -0.1) is 0 Å². The lowest BCUT2D eigenvalue weighted by atomic mass is 10.1. The molecule has 5 nitrogen and oxygen atoms in total. The maximum Gasteiger partial charge on any atom is 0.310 e. The first kappa shape index (κ1) is 18.6. The molecule has 130 valence electrons. The highest BCUT2D eigenvalue weighted by Crippen LogP contribution is 2.16. The average Bonchev–Trinajstić information content (AvgIpc) is 2.54. The van der Waals surface area contributed by atoms with E-state index in [0.717, 1.165) is 6.07 Å². The Morgan fingerprint density at radius 3 is 2.40 bits per heavy atom. The van der Waals surface area contributed by atoms with Gasteiger partial charge in [0.05, 0.1) is 12.0 Å². The third-order valence-electron chi connectivity index (χ3n) is 3.22. The van der Waals surface area contributed by atoms with E-state index in [-0.39, 0.29) is 23.6 Å². The van der Waals surface area contributed by atoms with Gasteiger partial charge in [0.1, 0.15) is 5.82 Å². The number of hydrogen-bond acceptors (Lipinski definition) is 4. The predicted molar refractivity (Wildman–Crippen MR) is 91.1 cm³/mol. The first-order valence-electron chi connectivity index (χ1n) is 7.35. The van der Waals surface area contributed by atoms with Gasteiger partial charge in [-0.1, -0.05) is 23.7 Å². The lowest BCUT2D eigenvalue weighted by Crippen LogP contribution is -2.17. The van der Waals surface area contributed by atoms with Gasteiger partial charge in [0, 0.05) is 17.6 Å². The molecule has 1 N–H and O–H groups in total. The summed E-state index contributed by atoms with van der Waals surface area (Å²) in [6, 6.07) is 10.3. The average molecular weight is 364 g/mol. The summed E-state index contributed by atoms with van der Waals surface area (Å²) in [5, 5.41) is 2.95. The molecule has 0 aliphatic heterocycles. The van der Waals surface area contributed by atoms with Crippen molar-refractivity contribution in [1.82, 2.24) is 0 Å². The van der Waals surface area contributed by atoms with Crippen LogP contribution in [0.3, 0.4) is 0 Å². The molecule has 0 aliphatic rings. The first-order valence-corrected chi connectivity index (χ1v) is 7.73. The van der Waals surface area contributed by atoms with Crippen molar-refractivity contribution in [2.24, 2.45) is 0 Å². The van der Waals surface area contributed by atoms with Gasteiger partial charge in [0.15, 0.2) is 6.61 Å². The quantitative estimate of drug-likeness (QED) is 0.630. The van der Waals surface area contributed by atoms with Crippen molar-refractivity contribution in [3.8, 4) is 0 Å². The highest BCUT2D eigenvalue weighted by molar-refractivity contribution is 6.30. The van der Waals surface area contributed by atoms with E-state index in [1.54, 1.807) is 24.3 Å². The second kappa shape index (κ2) is 8.39. The van der Waals surface area contributed by atoms with Crippen LogP contribution in [-0.4, -0.2) is 24.3 Å². The van der Waals surface area contributed by atoms with Gasteiger partial charge in [-0.3, -0.25) is 14.4 Å². The zero-order valence-corrected chi connectivity index (χ0v) is 14.1. The number of carbonyl (C=O) groups is 3. The van der Waals surface area contributed by atoms with Crippen LogP contribution >= 0.6 is 11.6 Å². The number of anilines is 1. The Hall–Kier alpha value is -2.73. The minimum atomic E-state index is -0.801. The molecule has 0 bridgehead atoms. The Bertz CT molecular complexity index is 805. The van der Waals surface area contributed by atoms with Crippen molar-refractivity contribution in [2.45, 2.75) is 13.3 Å². The second-order valence-corrected chi connectivity index (χ2v) is 5.70. The van der Waals surface area contributed by atoms with Crippen molar-refractivity contribution in [3.63, 3.8) is 0 Å². The second-order valence-electron chi connectivity index (χ2n) is 5.26. The summed E-state index contributed by atoms with van der Waals surface area (Å²) in [5.74, 6) is -2.43. The smallest absolute Gasteiger partial charge is 0.310 e. The molecule has 2 aromatic carbocycles. The number of hydrogen-bond donors (Lipinski definition) is 1. The molecule has 1 amide bonds. The number of rotatable bonds is 6. The fraction of sp³-hybridized carbons (Fsp3) is 0.167. The minimum absolute atomic E-state index is 0.0194. The Kier molecular flexibility index (Phi) is 6.25. The molecule has 0 atom stereocenters. The van der Waals surface area contributed by atoms with Gasteiger partial charge in [0.2, 0.25) is 11.7 Å². The number of carbonyl (C=O) groups excluding carboxylic acids is 3. The van der Waals surface area contributed by atoms with E-state index in [1.165, 1.54) is 19.1 Å². The maximum absolute atomic E-state index is 13.9. The largest absolute Gasteiger partial charge is 0.457 e. The number of Topliss-reactive ketones (excluding diaryl/α,β-unsaturated/α-hetero) is 1. The van der Waals surface area contributed by atoms with Crippen molar-refractivity contribution in [1.29, 1.82) is 0 Å². The molecular formula is C18H15ClFNO4. The summed E-state index contributed by atoms with van der Waals surface area (Å²) in [6.45, 7) is 0.722. The predicted octanol–water partition coefficient (Wildman–Crippen LogP) is 3.41. The SMILES string of the molecule is CC(=O)Nc1ccc(C(=O)COC(=O)Cc2ccc(Cl)cc2)c(F)c1. The van der Waals surface area contributed by atoms with E-state index >= 15 is 0 Å². The van der Waals surface area contributed by atoms with Gasteiger partial charge in [-0.05, 0) is 35.9 Å². The third kappa shape index (κ3) is 5.69. The van der Waals surface area contributed by atoms with E-state index in [9.17, 15) is 18.8 Å². The maximum atomic E-state index is 13.9. The molecule has 25 heavy (non-hydrogen) atoms. The molecule has 0 radical (unpaired) electrons. The molecule has 0 spiro atoms. The Labute approximate surface area is 148 Å². The zero-order chi connectivity index (χ0) is 18.4. The standard InChI is InChI=1S/C18H15ClFNO4/c1-11(22)21-14-6-7-15(16(20)9-14)17(23)10-25-18(24)8-12-2-4-13(19)5-3-12/h2-7,9H,8,10H2,1H3,(H,21,22). The Morgan fingerprint density at radius 2 is 1.80 bits per heavy atom. The van der Waals surface area contributed by atoms with Gasteiger partial charge in [-0.2, -0.15) is 0 Å². The molecule has 2 aromatic rings. The highest BCUT2D eigenvalue weighted by Gasteiger charge is 2.15. The molecule has 7 heteroatoms. The van der Waals surface area contributed by atoms with E-state index in [0.29, 0.717) is 10.6 Å². The van der Waals surface area contributed by atoms with Crippen LogP contribution in [0.2, 0.25) is 5.02 Å². The summed E-state index contributed by atoms with van der Waals surface area (Å²) in [6.07, 6.45) is -0.0194. The molecule has 0 aromatic heterocycles. The van der Waals surface area contributed by atoms with Crippen LogP contribution in [0.25, 0.3) is 0 Å². The molecule has 0 saturated carbocycles. The lowest BCUT2D eigenvalue weighted by molar-refractivity contribution is -0.141. The number of ether oxygens (including phenoxy) is 1. The van der Waals surface area contributed by atoms with Gasteiger partial charge in [-0.25, -0.2) is 4.39 Å². The molecular weight excluding hydrogens is 349 g/mol. The fourth-order valence-electron chi connectivity index (χ4n) is 2.07. The topological polar surface area (TPSA) is 72.5 Å². The number of amides is 1. The molecule has 0 aliphatic carbocycles. The van der Waals surface area contributed by atoms with Gasteiger partial charge in [0.25, 0.3) is 0 Å². The van der Waals surface area contributed by atoms with Gasteiger partial charge >= 0.3 is 5.97 Å². The number of halogens is 2. The van der Waals surface area contributed by atoms with Crippen LogP contribution in [0.1, 0.15) is 22.8 Å². The van der Waals surface area contributed by atoms with Crippen LogP contribution in [0.4, 0.5) is 10.1 Å². The normalized spacial score (nSPS) is 10.2. The van der Waals surface area contributed by atoms with Crippen LogP contribution in [0.5, 0.6) is 0 Å². The van der Waals surface area contributed by atoms with Crippen LogP contribution in [-0.2, 0) is 20.7 Å². The van der Waals surface area contributed by atoms with Crippen LogP contribution < -0.4 is 5.32 Å². The summed E-state index contributed by atoms with van der Waals surface area (Å²) in [5.41, 5.74) is 0.711. The van der Waals surface area contributed by atoms with Crippen molar-refractivity contribution < 1.29 is 23.5 Å². The molecule has 0 fully saturated rings. The number of nitrogens with one attached hydrogen (secondary N) is 1. The molecule has 2 rings (SSSR count). The van der Waals surface area contributed by atoms with E-state index < -0.39 is 24.2 Å². The van der Waals surface area contributed by atoms with Crippen molar-refractivity contribution in [2.75, 3.05) is 11.9 Å². The summed E-state index contributed by atoms with van der Waals surface area (Å²) in [7, 11) is 0. The summed E-state index contributed by atoms with van der Waals surface area (Å²) in [4.78, 5) is 34.6. The van der Waals surface area contributed by atoms with Crippen molar-refractivity contribution in [3.05, 3.63) is 64.4 Å². The van der Waals surface area contributed by atoms with Crippen LogP contribution in [0.15, 0.2) is 42.5 Å². The van der Waals surface area contributed by atoms with Crippen molar-refractivity contribution >= 4 is 34.9 Å². The number of benzene rings is 2. The van der Waals surface area contributed by atoms with E-state index in [2.05, 4.69) is 5.32 Å². The van der Waals surface area contributed by atoms with Gasteiger partial charge < -0.3 is 10.1 Å². The minimum Gasteiger partial charge on any atom is -0.457 e. The summed E-state index contributed by atoms with van der Waals surface area (Å²) >= 11 is 5.75.